The first-order chi connectivity index (χ1) is 18.4. The zero-order chi connectivity index (χ0) is 30.7. The van der Waals surface area contributed by atoms with Crippen LogP contribution < -0.4 is 11.1 Å². The number of anilines is 1. The molecule has 17 heteroatoms. The van der Waals surface area contributed by atoms with Crippen LogP contribution in [0, 0.1) is 5.92 Å². The Hall–Kier alpha value is -3.89. The minimum Gasteiger partial charge on any atom is -0.475 e. The summed E-state index contributed by atoms with van der Waals surface area (Å²) in [6.45, 7) is 6.60. The number of hydrogen-bond acceptors (Lipinski definition) is 7. The van der Waals surface area contributed by atoms with Crippen LogP contribution in [0.1, 0.15) is 32.4 Å². The fraction of sp³-hybridized carbons (Fsp3) is 0.522. The van der Waals surface area contributed by atoms with Crippen LogP contribution in [0.5, 0.6) is 0 Å². The fourth-order valence-corrected chi connectivity index (χ4v) is 3.52. The number of rotatable bonds is 6. The Morgan fingerprint density at radius 1 is 1.02 bits per heavy atom. The second-order valence-electron chi connectivity index (χ2n) is 9.12. The molecule has 0 radical (unpaired) electrons. The van der Waals surface area contributed by atoms with Gasteiger partial charge in [0.15, 0.2) is 0 Å². The molecular weight excluding hydrogens is 554 g/mol. The summed E-state index contributed by atoms with van der Waals surface area (Å²) in [5, 5.41) is 25.8. The molecule has 0 aliphatic carbocycles. The molecular formula is C23H30F6N6O5. The minimum atomic E-state index is -5.08. The second kappa shape index (κ2) is 14.5. The number of alkyl halides is 6. The lowest BCUT2D eigenvalue weighted by Gasteiger charge is -2.38. The van der Waals surface area contributed by atoms with Crippen LogP contribution in [0.4, 0.5) is 32.0 Å². The van der Waals surface area contributed by atoms with E-state index < -0.39 is 29.8 Å². The molecule has 1 aliphatic rings. The molecule has 1 aromatic heterocycles. The van der Waals surface area contributed by atoms with Crippen molar-refractivity contribution in [2.75, 3.05) is 18.4 Å². The third kappa shape index (κ3) is 11.9. The molecule has 2 aromatic rings. The van der Waals surface area contributed by atoms with E-state index in [-0.39, 0.29) is 5.91 Å². The number of para-hydroxylation sites is 1. The highest BCUT2D eigenvalue weighted by atomic mass is 19.4. The Morgan fingerprint density at radius 2 is 1.55 bits per heavy atom. The molecule has 1 atom stereocenters. The first kappa shape index (κ1) is 34.1. The molecule has 0 bridgehead atoms. The molecule has 0 spiro atoms. The molecule has 1 saturated heterocycles. The van der Waals surface area contributed by atoms with E-state index in [4.69, 9.17) is 25.5 Å². The molecule has 1 aliphatic heterocycles. The van der Waals surface area contributed by atoms with E-state index in [0.717, 1.165) is 43.9 Å². The summed E-state index contributed by atoms with van der Waals surface area (Å²) in [4.78, 5) is 32.9. The van der Waals surface area contributed by atoms with Gasteiger partial charge in [0.25, 0.3) is 0 Å². The molecule has 40 heavy (non-hydrogen) atoms. The summed E-state index contributed by atoms with van der Waals surface area (Å²) >= 11 is 0. The van der Waals surface area contributed by atoms with E-state index in [1.165, 1.54) is 0 Å². The van der Waals surface area contributed by atoms with E-state index in [2.05, 4.69) is 15.6 Å². The number of halogens is 6. The van der Waals surface area contributed by atoms with Crippen LogP contribution in [0.2, 0.25) is 0 Å². The molecule has 0 saturated carbocycles. The van der Waals surface area contributed by atoms with Gasteiger partial charge in [0, 0.05) is 38.1 Å². The zero-order valence-electron chi connectivity index (χ0n) is 21.5. The highest BCUT2D eigenvalue weighted by Gasteiger charge is 2.39. The topological polar surface area (TPSA) is 164 Å². The maximum absolute atomic E-state index is 13.1. The van der Waals surface area contributed by atoms with Crippen molar-refractivity contribution >= 4 is 23.5 Å². The van der Waals surface area contributed by atoms with Gasteiger partial charge in [-0.25, -0.2) is 9.59 Å². The van der Waals surface area contributed by atoms with E-state index in [9.17, 15) is 31.1 Å². The number of aliphatic carboxylic acids is 2. The van der Waals surface area contributed by atoms with Crippen LogP contribution in [0.15, 0.2) is 36.5 Å². The summed E-state index contributed by atoms with van der Waals surface area (Å²) in [7, 11) is 0. The third-order valence-corrected chi connectivity index (χ3v) is 5.30. The van der Waals surface area contributed by atoms with Crippen molar-refractivity contribution in [1.82, 2.24) is 19.9 Å². The molecule has 5 N–H and O–H groups in total. The van der Waals surface area contributed by atoms with Crippen molar-refractivity contribution < 1.29 is 50.9 Å². The van der Waals surface area contributed by atoms with Gasteiger partial charge >= 0.3 is 24.3 Å². The van der Waals surface area contributed by atoms with Gasteiger partial charge in [-0.15, -0.1) is 5.10 Å². The van der Waals surface area contributed by atoms with Gasteiger partial charge in [-0.2, -0.15) is 26.3 Å². The Morgan fingerprint density at radius 3 is 2.00 bits per heavy atom. The van der Waals surface area contributed by atoms with Gasteiger partial charge in [-0.3, -0.25) is 9.48 Å². The number of nitrogens with one attached hydrogen (secondary N) is 1. The number of carboxylic acid groups (broad SMARTS) is 2. The predicted molar refractivity (Wildman–Crippen MR) is 129 cm³/mol. The summed E-state index contributed by atoms with van der Waals surface area (Å²) in [5.41, 5.74) is 6.69. The van der Waals surface area contributed by atoms with Gasteiger partial charge < -0.3 is 26.2 Å². The molecule has 1 unspecified atom stereocenters. The monoisotopic (exact) mass is 584 g/mol. The number of amides is 1. The largest absolute Gasteiger partial charge is 0.490 e. The average Bonchev–Trinajstić information content (AvgIpc) is 3.31. The molecule has 224 valence electrons. The number of carbonyl (C=O) groups excluding carboxylic acids is 1. The molecule has 2 heterocycles. The highest BCUT2D eigenvalue weighted by Crippen LogP contribution is 2.23. The van der Waals surface area contributed by atoms with E-state index >= 15 is 0 Å². The average molecular weight is 585 g/mol. The van der Waals surface area contributed by atoms with Crippen molar-refractivity contribution in [2.45, 2.75) is 57.7 Å². The highest BCUT2D eigenvalue weighted by molar-refractivity contribution is 5.88. The second-order valence-corrected chi connectivity index (χ2v) is 9.12. The maximum atomic E-state index is 13.1. The zero-order valence-corrected chi connectivity index (χ0v) is 21.5. The maximum Gasteiger partial charge on any atom is 0.490 e. The Bertz CT molecular complexity index is 1080. The normalized spacial score (nSPS) is 15.6. The van der Waals surface area contributed by atoms with Crippen LogP contribution in [-0.2, 0) is 27.5 Å². The molecule has 11 nitrogen and oxygen atoms in total. The number of hydrogen-bond donors (Lipinski definition) is 4. The summed E-state index contributed by atoms with van der Waals surface area (Å²) in [6.07, 6.45) is -6.17. The SMILES string of the molecule is CC(C)(Nc1ccccc1)C(=O)N1CCCC(Cn2cc(CN)nn2)C1.O=C(O)C(F)(F)F.O=C(O)C(F)(F)F. The Labute approximate surface area is 224 Å². The number of nitrogens with two attached hydrogens (primary N) is 1. The van der Waals surface area contributed by atoms with Gasteiger partial charge in [0.2, 0.25) is 5.91 Å². The first-order valence-corrected chi connectivity index (χ1v) is 11.7. The van der Waals surface area contributed by atoms with Gasteiger partial charge in [0.05, 0.1) is 5.69 Å². The minimum absolute atomic E-state index is 0.132. The Kier molecular flexibility index (Phi) is 12.4. The number of likely N-dealkylation sites (tertiary alicyclic amines) is 1. The standard InChI is InChI=1S/C19H28N6O.2C2HF3O2/c1-19(2,21-16-8-4-3-5-9-16)18(26)24-10-6-7-15(12-24)13-25-14-17(11-20)22-23-25;2*3-2(4,5)1(6)7/h3-5,8-9,14-15,21H,6-7,10-13,20H2,1-2H3;2*(H,6,7). The van der Waals surface area contributed by atoms with Gasteiger partial charge in [0.1, 0.15) is 5.54 Å². The summed E-state index contributed by atoms with van der Waals surface area (Å²) in [5.74, 6) is -5.00. The quantitative estimate of drug-likeness (QED) is 0.374. The van der Waals surface area contributed by atoms with Crippen molar-refractivity contribution in [3.8, 4) is 0 Å². The van der Waals surface area contributed by atoms with Crippen LogP contribution in [0.3, 0.4) is 0 Å². The van der Waals surface area contributed by atoms with Crippen molar-refractivity contribution in [3.05, 3.63) is 42.2 Å². The van der Waals surface area contributed by atoms with Crippen molar-refractivity contribution in [2.24, 2.45) is 11.7 Å². The molecule has 1 amide bonds. The van der Waals surface area contributed by atoms with E-state index in [0.29, 0.717) is 12.5 Å². The first-order valence-electron chi connectivity index (χ1n) is 11.7. The lowest BCUT2D eigenvalue weighted by atomic mass is 9.95. The predicted octanol–water partition coefficient (Wildman–Crippen LogP) is 3.13. The smallest absolute Gasteiger partial charge is 0.475 e. The van der Waals surface area contributed by atoms with Crippen molar-refractivity contribution in [1.29, 1.82) is 0 Å². The number of benzene rings is 1. The lowest BCUT2D eigenvalue weighted by Crippen LogP contribution is -2.53. The van der Waals surface area contributed by atoms with E-state index in [1.807, 2.05) is 60.0 Å². The van der Waals surface area contributed by atoms with Gasteiger partial charge in [-0.05, 0) is 44.7 Å². The molecule has 3 rings (SSSR count). The van der Waals surface area contributed by atoms with Crippen LogP contribution >= 0.6 is 0 Å². The summed E-state index contributed by atoms with van der Waals surface area (Å²) in [6, 6.07) is 9.86. The van der Waals surface area contributed by atoms with Crippen LogP contribution in [-0.4, -0.2) is 78.9 Å². The Balaban J connectivity index is 0.000000473. The molecule has 1 fully saturated rings. The third-order valence-electron chi connectivity index (χ3n) is 5.30. The number of carbonyl (C=O) groups is 3. The van der Waals surface area contributed by atoms with Crippen LogP contribution in [0.25, 0.3) is 0 Å². The van der Waals surface area contributed by atoms with E-state index in [1.54, 1.807) is 0 Å². The summed E-state index contributed by atoms with van der Waals surface area (Å²) < 4.78 is 65.3. The fourth-order valence-electron chi connectivity index (χ4n) is 3.52. The number of nitrogens with zero attached hydrogens (tertiary/aromatic N) is 4. The lowest BCUT2D eigenvalue weighted by molar-refractivity contribution is -0.193. The van der Waals surface area contributed by atoms with Crippen molar-refractivity contribution in [3.63, 3.8) is 0 Å². The van der Waals surface area contributed by atoms with Gasteiger partial charge in [-0.1, -0.05) is 23.4 Å². The number of piperidine rings is 1. The number of aromatic nitrogens is 3. The molecule has 1 aromatic carbocycles. The number of carboxylic acids is 2.